The van der Waals surface area contributed by atoms with E-state index < -0.39 is 0 Å². The summed E-state index contributed by atoms with van der Waals surface area (Å²) in [6.45, 7) is 5.04. The van der Waals surface area contributed by atoms with E-state index in [4.69, 9.17) is 16.3 Å². The number of hydrogen-bond acceptors (Lipinski definition) is 3. The molecule has 0 aliphatic heterocycles. The van der Waals surface area contributed by atoms with Crippen LogP contribution in [0.3, 0.4) is 0 Å². The van der Waals surface area contributed by atoms with E-state index in [2.05, 4.69) is 10.4 Å². The van der Waals surface area contributed by atoms with Crippen LogP contribution in [-0.4, -0.2) is 15.7 Å². The number of amides is 1. The first-order valence-electron chi connectivity index (χ1n) is 10.4. The maximum absolute atomic E-state index is 12.6. The fourth-order valence-electron chi connectivity index (χ4n) is 3.44. The van der Waals surface area contributed by atoms with Crippen LogP contribution in [0.5, 0.6) is 5.75 Å². The average Bonchev–Trinajstić information content (AvgIpc) is 3.22. The summed E-state index contributed by atoms with van der Waals surface area (Å²) in [6, 6.07) is 22.9. The summed E-state index contributed by atoms with van der Waals surface area (Å²) in [4.78, 5) is 12.6. The maximum atomic E-state index is 12.6. The molecule has 0 spiro atoms. The van der Waals surface area contributed by atoms with Gasteiger partial charge in [-0.15, -0.1) is 0 Å². The normalized spacial score (nSPS) is 10.7. The molecule has 1 N–H and O–H groups in total. The van der Waals surface area contributed by atoms with Crippen molar-refractivity contribution in [2.75, 3.05) is 5.32 Å². The minimum absolute atomic E-state index is 0.213. The van der Waals surface area contributed by atoms with Crippen LogP contribution in [0.15, 0.2) is 79.0 Å². The number of aryl methyl sites for hydroxylation is 2. The van der Waals surface area contributed by atoms with Gasteiger partial charge in [0.05, 0.1) is 6.54 Å². The van der Waals surface area contributed by atoms with Crippen molar-refractivity contribution in [3.63, 3.8) is 0 Å². The van der Waals surface area contributed by atoms with Gasteiger partial charge in [-0.2, -0.15) is 5.10 Å². The van der Waals surface area contributed by atoms with Gasteiger partial charge >= 0.3 is 0 Å². The third kappa shape index (κ3) is 5.18. The van der Waals surface area contributed by atoms with Gasteiger partial charge in [-0.25, -0.2) is 0 Å². The van der Waals surface area contributed by atoms with E-state index in [9.17, 15) is 4.79 Å². The van der Waals surface area contributed by atoms with Gasteiger partial charge in [-0.3, -0.25) is 9.48 Å². The number of para-hydroxylation sites is 1. The van der Waals surface area contributed by atoms with Crippen molar-refractivity contribution < 1.29 is 9.53 Å². The number of aromatic nitrogens is 2. The molecular formula is C26H24ClN3O2. The molecule has 0 radical (unpaired) electrons. The third-order valence-electron chi connectivity index (χ3n) is 5.18. The van der Waals surface area contributed by atoms with Crippen molar-refractivity contribution in [1.82, 2.24) is 9.78 Å². The average molecular weight is 446 g/mol. The number of nitrogens with zero attached hydrogens (tertiary/aromatic N) is 2. The van der Waals surface area contributed by atoms with E-state index in [1.165, 1.54) is 0 Å². The van der Waals surface area contributed by atoms with Gasteiger partial charge in [0.25, 0.3) is 5.91 Å². The molecular weight excluding hydrogens is 422 g/mol. The molecule has 0 aliphatic rings. The van der Waals surface area contributed by atoms with Gasteiger partial charge in [0.1, 0.15) is 12.4 Å². The molecule has 4 aromatic rings. The molecule has 1 amide bonds. The van der Waals surface area contributed by atoms with Crippen LogP contribution >= 0.6 is 11.6 Å². The monoisotopic (exact) mass is 445 g/mol. The van der Waals surface area contributed by atoms with E-state index in [0.29, 0.717) is 29.6 Å². The zero-order valence-corrected chi connectivity index (χ0v) is 18.8. The Hall–Kier alpha value is -3.57. The molecule has 0 atom stereocenters. The SMILES string of the molecule is Cc1cccc(C)c1OCc1ccc(C(=O)Nc2ccn(Cc3ccccc3Cl)n2)cc1. The first kappa shape index (κ1) is 21.7. The Balaban J connectivity index is 1.35. The molecule has 3 aromatic carbocycles. The largest absolute Gasteiger partial charge is 0.488 e. The van der Waals surface area contributed by atoms with Crippen LogP contribution in [0.25, 0.3) is 0 Å². The van der Waals surface area contributed by atoms with E-state index >= 15 is 0 Å². The maximum Gasteiger partial charge on any atom is 0.256 e. The lowest BCUT2D eigenvalue weighted by Crippen LogP contribution is -2.13. The molecule has 32 heavy (non-hydrogen) atoms. The minimum Gasteiger partial charge on any atom is -0.488 e. The first-order chi connectivity index (χ1) is 15.5. The second-order valence-electron chi connectivity index (χ2n) is 7.65. The quantitative estimate of drug-likeness (QED) is 0.377. The molecule has 4 rings (SSSR count). The van der Waals surface area contributed by atoms with Crippen molar-refractivity contribution in [3.8, 4) is 5.75 Å². The van der Waals surface area contributed by atoms with Crippen LogP contribution in [0.4, 0.5) is 5.82 Å². The smallest absolute Gasteiger partial charge is 0.256 e. The molecule has 0 fully saturated rings. The van der Waals surface area contributed by atoms with Gasteiger partial charge in [0.15, 0.2) is 5.82 Å². The van der Waals surface area contributed by atoms with Gasteiger partial charge in [-0.05, 0) is 54.3 Å². The number of rotatable bonds is 7. The van der Waals surface area contributed by atoms with Crippen LogP contribution < -0.4 is 10.1 Å². The van der Waals surface area contributed by atoms with Crippen molar-refractivity contribution in [2.45, 2.75) is 27.0 Å². The molecule has 0 aliphatic carbocycles. The van der Waals surface area contributed by atoms with Gasteiger partial charge in [0.2, 0.25) is 0 Å². The van der Waals surface area contributed by atoms with Crippen LogP contribution in [0.1, 0.15) is 32.6 Å². The lowest BCUT2D eigenvalue weighted by Gasteiger charge is -2.12. The van der Waals surface area contributed by atoms with Crippen molar-refractivity contribution in [2.24, 2.45) is 0 Å². The third-order valence-corrected chi connectivity index (χ3v) is 5.55. The minimum atomic E-state index is -0.213. The second-order valence-corrected chi connectivity index (χ2v) is 8.06. The Morgan fingerprint density at radius 2 is 1.69 bits per heavy atom. The van der Waals surface area contributed by atoms with Crippen LogP contribution in [0.2, 0.25) is 5.02 Å². The van der Waals surface area contributed by atoms with Crippen LogP contribution in [-0.2, 0) is 13.2 Å². The molecule has 5 nitrogen and oxygen atoms in total. The van der Waals surface area contributed by atoms with Crippen molar-refractivity contribution in [1.29, 1.82) is 0 Å². The van der Waals surface area contributed by atoms with E-state index in [0.717, 1.165) is 28.0 Å². The highest BCUT2D eigenvalue weighted by atomic mass is 35.5. The number of nitrogens with one attached hydrogen (secondary N) is 1. The van der Waals surface area contributed by atoms with Gasteiger partial charge in [0, 0.05) is 22.8 Å². The van der Waals surface area contributed by atoms with Crippen molar-refractivity contribution >= 4 is 23.3 Å². The summed E-state index contributed by atoms with van der Waals surface area (Å²) in [6.07, 6.45) is 1.81. The van der Waals surface area contributed by atoms with E-state index in [-0.39, 0.29) is 5.91 Å². The molecule has 162 valence electrons. The topological polar surface area (TPSA) is 56.1 Å². The van der Waals surface area contributed by atoms with E-state index in [1.54, 1.807) is 22.9 Å². The zero-order chi connectivity index (χ0) is 22.5. The predicted octanol–water partition coefficient (Wildman–Crippen LogP) is 6.03. The van der Waals surface area contributed by atoms with Crippen LogP contribution in [0, 0.1) is 13.8 Å². The highest BCUT2D eigenvalue weighted by Crippen LogP contribution is 2.23. The first-order valence-corrected chi connectivity index (χ1v) is 10.7. The van der Waals surface area contributed by atoms with Crippen molar-refractivity contribution in [3.05, 3.63) is 112 Å². The number of benzene rings is 3. The molecule has 0 bridgehead atoms. The number of anilines is 1. The Labute approximate surface area is 192 Å². The number of ether oxygens (including phenoxy) is 1. The summed E-state index contributed by atoms with van der Waals surface area (Å²) in [5, 5.41) is 7.94. The lowest BCUT2D eigenvalue weighted by atomic mass is 10.1. The number of halogens is 1. The Morgan fingerprint density at radius 1 is 0.969 bits per heavy atom. The lowest BCUT2D eigenvalue weighted by molar-refractivity contribution is 0.102. The molecule has 0 unspecified atom stereocenters. The number of carbonyl (C=O) groups excluding carboxylic acids is 1. The Morgan fingerprint density at radius 3 is 2.41 bits per heavy atom. The zero-order valence-electron chi connectivity index (χ0n) is 18.0. The van der Waals surface area contributed by atoms with E-state index in [1.807, 2.05) is 74.6 Å². The summed E-state index contributed by atoms with van der Waals surface area (Å²) in [5.74, 6) is 1.18. The van der Waals surface area contributed by atoms with Gasteiger partial charge in [-0.1, -0.05) is 60.1 Å². The standard InChI is InChI=1S/C26H24ClN3O2/c1-18-6-5-7-19(2)25(18)32-17-20-10-12-21(13-11-20)26(31)28-24-14-15-30(29-24)16-22-8-3-4-9-23(22)27/h3-15H,16-17H2,1-2H3,(H,28,29,31). The summed E-state index contributed by atoms with van der Waals surface area (Å²) in [5.41, 5.74) is 4.73. The number of hydrogen-bond donors (Lipinski definition) is 1. The fourth-order valence-corrected chi connectivity index (χ4v) is 3.64. The summed E-state index contributed by atoms with van der Waals surface area (Å²) in [7, 11) is 0. The highest BCUT2D eigenvalue weighted by molar-refractivity contribution is 6.31. The molecule has 0 saturated heterocycles. The Kier molecular flexibility index (Phi) is 6.57. The second kappa shape index (κ2) is 9.71. The predicted molar refractivity (Wildman–Crippen MR) is 127 cm³/mol. The molecule has 0 saturated carbocycles. The number of carbonyl (C=O) groups is 1. The molecule has 6 heteroatoms. The van der Waals surface area contributed by atoms with Gasteiger partial charge < -0.3 is 10.1 Å². The highest BCUT2D eigenvalue weighted by Gasteiger charge is 2.10. The molecule has 1 aromatic heterocycles. The Bertz CT molecular complexity index is 1210. The summed E-state index contributed by atoms with van der Waals surface area (Å²) < 4.78 is 7.73. The molecule has 1 heterocycles. The fraction of sp³-hybridized carbons (Fsp3) is 0.154. The summed E-state index contributed by atoms with van der Waals surface area (Å²) >= 11 is 6.21.